The average Bonchev–Trinajstić information content (AvgIpc) is 2.46. The van der Waals surface area contributed by atoms with E-state index in [-0.39, 0.29) is 3.95 Å². The lowest BCUT2D eigenvalue weighted by Gasteiger charge is -2.11. The highest BCUT2D eigenvalue weighted by molar-refractivity contribution is 7.73. The number of benzene rings is 1. The van der Waals surface area contributed by atoms with Crippen molar-refractivity contribution in [2.24, 2.45) is 0 Å². The molecule has 2 rings (SSSR count). The summed E-state index contributed by atoms with van der Waals surface area (Å²) in [6.45, 7) is 1.43. The van der Waals surface area contributed by atoms with Crippen LogP contribution in [0.5, 0.6) is 5.75 Å². The summed E-state index contributed by atoms with van der Waals surface area (Å²) in [7, 11) is 1.56. The first-order valence-corrected chi connectivity index (χ1v) is 7.30. The van der Waals surface area contributed by atoms with Gasteiger partial charge in [-0.05, 0) is 36.8 Å². The van der Waals surface area contributed by atoms with Crippen molar-refractivity contribution in [2.75, 3.05) is 7.11 Å². The molecular weight excluding hydrogens is 310 g/mol. The first kappa shape index (κ1) is 15.4. The largest absolute Gasteiger partial charge is 0.497 e. The Morgan fingerprint density at radius 3 is 2.71 bits per heavy atom. The average molecular weight is 323 g/mol. The molecule has 1 aromatic heterocycles. The number of carboxylic acid groups (broad SMARTS) is 1. The molecule has 1 aromatic carbocycles. The Bertz CT molecular complexity index is 763. The van der Waals surface area contributed by atoms with Gasteiger partial charge in [-0.15, -0.1) is 11.3 Å². The Labute approximate surface area is 130 Å². The molecule has 0 bridgehead atoms. The second-order valence-corrected chi connectivity index (χ2v) is 6.01. The summed E-state index contributed by atoms with van der Waals surface area (Å²) in [4.78, 5) is 23.8. The summed E-state index contributed by atoms with van der Waals surface area (Å²) in [6.07, 6.45) is 0. The quantitative estimate of drug-likeness (QED) is 0.876. The molecule has 0 aliphatic carbocycles. The maximum absolute atomic E-state index is 12.1. The SMILES string of the molecule is COc1cccc(-c2cc(=O)n(C(C)C(=O)O)c(=S)s2)c1. The van der Waals surface area contributed by atoms with Gasteiger partial charge in [-0.25, -0.2) is 4.79 Å². The van der Waals surface area contributed by atoms with Crippen LogP contribution in [0.3, 0.4) is 0 Å². The lowest BCUT2D eigenvalue weighted by molar-refractivity contribution is -0.140. The molecule has 7 heteroatoms. The minimum atomic E-state index is -1.09. The summed E-state index contributed by atoms with van der Waals surface area (Å²) in [5, 5.41) is 9.02. The Balaban J connectivity index is 2.57. The highest BCUT2D eigenvalue weighted by atomic mass is 32.1. The van der Waals surface area contributed by atoms with Gasteiger partial charge >= 0.3 is 5.97 Å². The number of ether oxygens (including phenoxy) is 1. The zero-order valence-electron chi connectivity index (χ0n) is 11.4. The maximum Gasteiger partial charge on any atom is 0.326 e. The lowest BCUT2D eigenvalue weighted by Crippen LogP contribution is -2.27. The van der Waals surface area contributed by atoms with Crippen molar-refractivity contribution >= 4 is 29.5 Å². The van der Waals surface area contributed by atoms with Crippen molar-refractivity contribution in [1.82, 2.24) is 4.57 Å². The second kappa shape index (κ2) is 6.19. The first-order valence-electron chi connectivity index (χ1n) is 6.08. The van der Waals surface area contributed by atoms with Crippen molar-refractivity contribution < 1.29 is 14.6 Å². The van der Waals surface area contributed by atoms with E-state index in [1.54, 1.807) is 19.2 Å². The third-order valence-corrected chi connectivity index (χ3v) is 4.38. The molecule has 1 N–H and O–H groups in total. The van der Waals surface area contributed by atoms with Crippen LogP contribution in [0.2, 0.25) is 0 Å². The van der Waals surface area contributed by atoms with Crippen molar-refractivity contribution in [2.45, 2.75) is 13.0 Å². The highest BCUT2D eigenvalue weighted by Crippen LogP contribution is 2.27. The van der Waals surface area contributed by atoms with E-state index in [4.69, 9.17) is 22.1 Å². The third-order valence-electron chi connectivity index (χ3n) is 2.98. The zero-order chi connectivity index (χ0) is 15.6. The molecule has 1 unspecified atom stereocenters. The Morgan fingerprint density at radius 2 is 2.14 bits per heavy atom. The molecule has 5 nitrogen and oxygen atoms in total. The third kappa shape index (κ3) is 3.20. The molecule has 1 heterocycles. The number of hydrogen-bond donors (Lipinski definition) is 1. The fraction of sp³-hybridized carbons (Fsp3) is 0.214. The van der Waals surface area contributed by atoms with Crippen LogP contribution in [0.1, 0.15) is 13.0 Å². The van der Waals surface area contributed by atoms with Gasteiger partial charge in [-0.3, -0.25) is 9.36 Å². The van der Waals surface area contributed by atoms with Crippen LogP contribution in [0.15, 0.2) is 35.1 Å². The Kier molecular flexibility index (Phi) is 4.54. The van der Waals surface area contributed by atoms with E-state index in [2.05, 4.69) is 0 Å². The molecule has 0 saturated heterocycles. The number of methoxy groups -OCH3 is 1. The van der Waals surface area contributed by atoms with Gasteiger partial charge in [0.25, 0.3) is 5.56 Å². The number of nitrogens with zero attached hydrogens (tertiary/aromatic N) is 1. The van der Waals surface area contributed by atoms with Crippen molar-refractivity contribution in [3.63, 3.8) is 0 Å². The van der Waals surface area contributed by atoms with Crippen LogP contribution in [0.25, 0.3) is 10.4 Å². The van der Waals surface area contributed by atoms with Crippen LogP contribution < -0.4 is 10.3 Å². The smallest absolute Gasteiger partial charge is 0.326 e. The molecule has 2 aromatic rings. The predicted molar refractivity (Wildman–Crippen MR) is 83.7 cm³/mol. The highest BCUT2D eigenvalue weighted by Gasteiger charge is 2.17. The summed E-state index contributed by atoms with van der Waals surface area (Å²) in [5.74, 6) is -0.418. The van der Waals surface area contributed by atoms with E-state index in [0.717, 1.165) is 10.1 Å². The van der Waals surface area contributed by atoms with Gasteiger partial charge in [-0.2, -0.15) is 0 Å². The molecule has 0 aliphatic heterocycles. The first-order chi connectivity index (χ1) is 9.93. The summed E-state index contributed by atoms with van der Waals surface area (Å²) >= 11 is 6.37. The second-order valence-electron chi connectivity index (χ2n) is 4.33. The number of carboxylic acids is 1. The summed E-state index contributed by atoms with van der Waals surface area (Å²) in [5.41, 5.74) is 0.379. The molecule has 0 aliphatic rings. The van der Waals surface area contributed by atoms with Gasteiger partial charge in [0.1, 0.15) is 11.8 Å². The molecule has 0 fully saturated rings. The molecule has 0 spiro atoms. The molecule has 0 radical (unpaired) electrons. The van der Waals surface area contributed by atoms with Crippen molar-refractivity contribution in [3.8, 4) is 16.2 Å². The van der Waals surface area contributed by atoms with Crippen molar-refractivity contribution in [3.05, 3.63) is 44.6 Å². The topological polar surface area (TPSA) is 68.5 Å². The minimum Gasteiger partial charge on any atom is -0.497 e. The van der Waals surface area contributed by atoms with Crippen LogP contribution in [0, 0.1) is 3.95 Å². The molecule has 0 saturated carbocycles. The van der Waals surface area contributed by atoms with Crippen LogP contribution >= 0.6 is 23.6 Å². The number of aliphatic carboxylic acids is 1. The van der Waals surface area contributed by atoms with Gasteiger partial charge in [0, 0.05) is 10.9 Å². The maximum atomic E-state index is 12.1. The van der Waals surface area contributed by atoms with Gasteiger partial charge in [0.05, 0.1) is 7.11 Å². The van der Waals surface area contributed by atoms with Gasteiger partial charge in [0.15, 0.2) is 3.95 Å². The van der Waals surface area contributed by atoms with Crippen molar-refractivity contribution in [1.29, 1.82) is 0 Å². The van der Waals surface area contributed by atoms with E-state index in [0.29, 0.717) is 10.6 Å². The van der Waals surface area contributed by atoms with E-state index in [1.165, 1.54) is 24.3 Å². The number of aromatic nitrogens is 1. The van der Waals surface area contributed by atoms with Crippen LogP contribution in [-0.2, 0) is 4.79 Å². The zero-order valence-corrected chi connectivity index (χ0v) is 13.0. The standard InChI is InChI=1S/C14H13NO4S2/c1-8(13(17)18)15-12(16)7-11(21-14(15)20)9-4-3-5-10(6-9)19-2/h3-8H,1-2H3,(H,17,18). The molecule has 1 atom stereocenters. The van der Waals surface area contributed by atoms with E-state index < -0.39 is 17.6 Å². The Hall–Kier alpha value is -1.99. The van der Waals surface area contributed by atoms with E-state index in [9.17, 15) is 9.59 Å². The van der Waals surface area contributed by atoms with Crippen LogP contribution in [-0.4, -0.2) is 22.8 Å². The monoisotopic (exact) mass is 323 g/mol. The number of hydrogen-bond acceptors (Lipinski definition) is 5. The van der Waals surface area contributed by atoms with E-state index in [1.807, 2.05) is 12.1 Å². The molecule has 0 amide bonds. The predicted octanol–water partition coefficient (Wildman–Crippen LogP) is 2.96. The molecule has 110 valence electrons. The summed E-state index contributed by atoms with van der Waals surface area (Å²) in [6, 6.07) is 7.67. The Morgan fingerprint density at radius 1 is 1.43 bits per heavy atom. The molecule has 21 heavy (non-hydrogen) atoms. The number of rotatable bonds is 4. The normalized spacial score (nSPS) is 11.9. The fourth-order valence-corrected chi connectivity index (χ4v) is 3.28. The minimum absolute atomic E-state index is 0.232. The lowest BCUT2D eigenvalue weighted by atomic mass is 10.2. The van der Waals surface area contributed by atoms with Gasteiger partial charge < -0.3 is 9.84 Å². The van der Waals surface area contributed by atoms with Gasteiger partial charge in [0.2, 0.25) is 0 Å². The number of carbonyl (C=O) groups is 1. The molecular formula is C14H13NO4S2. The van der Waals surface area contributed by atoms with Crippen LogP contribution in [0.4, 0.5) is 0 Å². The fourth-order valence-electron chi connectivity index (χ4n) is 1.82. The summed E-state index contributed by atoms with van der Waals surface area (Å²) < 4.78 is 6.48. The van der Waals surface area contributed by atoms with Gasteiger partial charge in [-0.1, -0.05) is 12.1 Å². The van der Waals surface area contributed by atoms with E-state index >= 15 is 0 Å².